The lowest BCUT2D eigenvalue weighted by Gasteiger charge is -2.23. The third-order valence-electron chi connectivity index (χ3n) is 5.77. The first-order valence-electron chi connectivity index (χ1n) is 10.3. The second kappa shape index (κ2) is 8.88. The van der Waals surface area contributed by atoms with Crippen molar-refractivity contribution in [1.82, 2.24) is 0 Å². The van der Waals surface area contributed by atoms with Gasteiger partial charge in [0.05, 0.1) is 0 Å². The number of aromatic carboxylic acids is 1. The highest BCUT2D eigenvalue weighted by molar-refractivity contribution is 5.92. The monoisotopic (exact) mass is 408 g/mol. The number of benzene rings is 4. The van der Waals surface area contributed by atoms with Crippen molar-refractivity contribution in [2.75, 3.05) is 0 Å². The summed E-state index contributed by atoms with van der Waals surface area (Å²) in [6, 6.07) is 33.2. The van der Waals surface area contributed by atoms with Gasteiger partial charge in [0.1, 0.15) is 11.3 Å². The SMILES string of the molecule is CC(c1ccccc1)c1cc(C(=O)O)c(O)c(C(c2ccccc2)c2ccccc2)c1. The maximum atomic E-state index is 12.0. The van der Waals surface area contributed by atoms with E-state index in [1.807, 2.05) is 97.1 Å². The first-order chi connectivity index (χ1) is 15.1. The van der Waals surface area contributed by atoms with Crippen LogP contribution in [0.25, 0.3) is 0 Å². The van der Waals surface area contributed by atoms with Gasteiger partial charge in [-0.2, -0.15) is 0 Å². The van der Waals surface area contributed by atoms with Crippen LogP contribution in [0.15, 0.2) is 103 Å². The number of aromatic hydroxyl groups is 1. The van der Waals surface area contributed by atoms with Gasteiger partial charge < -0.3 is 10.2 Å². The summed E-state index contributed by atoms with van der Waals surface area (Å²) < 4.78 is 0. The number of phenols is 1. The molecule has 4 aromatic rings. The van der Waals surface area contributed by atoms with Gasteiger partial charge in [0.2, 0.25) is 0 Å². The Morgan fingerprint density at radius 1 is 0.677 bits per heavy atom. The molecule has 4 rings (SSSR count). The van der Waals surface area contributed by atoms with Gasteiger partial charge in [0.15, 0.2) is 0 Å². The molecule has 0 aliphatic heterocycles. The van der Waals surface area contributed by atoms with E-state index in [0.29, 0.717) is 5.56 Å². The molecule has 0 saturated heterocycles. The van der Waals surface area contributed by atoms with Crippen molar-refractivity contribution in [3.05, 3.63) is 137 Å². The van der Waals surface area contributed by atoms with Crippen LogP contribution in [0.2, 0.25) is 0 Å². The molecule has 1 unspecified atom stereocenters. The van der Waals surface area contributed by atoms with Crippen LogP contribution in [0.5, 0.6) is 5.75 Å². The lowest BCUT2D eigenvalue weighted by Crippen LogP contribution is -2.09. The van der Waals surface area contributed by atoms with E-state index in [-0.39, 0.29) is 23.1 Å². The Morgan fingerprint density at radius 3 is 1.58 bits per heavy atom. The first-order valence-corrected chi connectivity index (χ1v) is 10.3. The third kappa shape index (κ3) is 4.22. The summed E-state index contributed by atoms with van der Waals surface area (Å²) in [6.45, 7) is 2.05. The fourth-order valence-corrected chi connectivity index (χ4v) is 4.09. The topological polar surface area (TPSA) is 57.5 Å². The fraction of sp³-hybridized carbons (Fsp3) is 0.107. The molecule has 4 aromatic carbocycles. The molecule has 154 valence electrons. The molecule has 0 aliphatic rings. The summed E-state index contributed by atoms with van der Waals surface area (Å²) in [5, 5.41) is 20.9. The highest BCUT2D eigenvalue weighted by atomic mass is 16.4. The van der Waals surface area contributed by atoms with Gasteiger partial charge in [-0.05, 0) is 28.3 Å². The Hall–Kier alpha value is -3.85. The number of carbonyl (C=O) groups is 1. The minimum absolute atomic E-state index is 0.0224. The van der Waals surface area contributed by atoms with E-state index in [1.165, 1.54) is 0 Å². The number of hydrogen-bond donors (Lipinski definition) is 2. The standard InChI is InChI=1S/C28H24O3/c1-19(20-11-5-2-6-12-20)23-17-24(27(29)25(18-23)28(30)31)26(21-13-7-3-8-14-21)22-15-9-4-10-16-22/h2-19,26,29H,1H3,(H,30,31). The van der Waals surface area contributed by atoms with Crippen molar-refractivity contribution in [2.24, 2.45) is 0 Å². The zero-order valence-corrected chi connectivity index (χ0v) is 17.3. The molecule has 0 heterocycles. The zero-order valence-electron chi connectivity index (χ0n) is 17.3. The largest absolute Gasteiger partial charge is 0.507 e. The maximum absolute atomic E-state index is 12.0. The minimum Gasteiger partial charge on any atom is -0.507 e. The van der Waals surface area contributed by atoms with E-state index in [1.54, 1.807) is 6.07 Å². The van der Waals surface area contributed by atoms with Crippen LogP contribution < -0.4 is 0 Å². The third-order valence-corrected chi connectivity index (χ3v) is 5.77. The van der Waals surface area contributed by atoms with Crippen molar-refractivity contribution in [3.8, 4) is 5.75 Å². The molecular formula is C28H24O3. The Balaban J connectivity index is 1.95. The quantitative estimate of drug-likeness (QED) is 0.362. The van der Waals surface area contributed by atoms with Gasteiger partial charge in [-0.15, -0.1) is 0 Å². The van der Waals surface area contributed by atoms with E-state index in [2.05, 4.69) is 6.92 Å². The second-order valence-corrected chi connectivity index (χ2v) is 7.70. The molecule has 0 spiro atoms. The molecule has 3 heteroatoms. The van der Waals surface area contributed by atoms with Gasteiger partial charge in [0, 0.05) is 17.4 Å². The van der Waals surface area contributed by atoms with Crippen LogP contribution in [0.1, 0.15) is 56.9 Å². The van der Waals surface area contributed by atoms with Crippen LogP contribution in [0, 0.1) is 0 Å². The van der Waals surface area contributed by atoms with Gasteiger partial charge in [-0.1, -0.05) is 104 Å². The summed E-state index contributed by atoms with van der Waals surface area (Å²) in [7, 11) is 0. The first kappa shape index (κ1) is 20.4. The van der Waals surface area contributed by atoms with Crippen LogP contribution in [0.4, 0.5) is 0 Å². The lowest BCUT2D eigenvalue weighted by atomic mass is 9.81. The van der Waals surface area contributed by atoms with E-state index in [9.17, 15) is 15.0 Å². The fourth-order valence-electron chi connectivity index (χ4n) is 4.09. The summed E-state index contributed by atoms with van der Waals surface area (Å²) >= 11 is 0. The van der Waals surface area contributed by atoms with Crippen molar-refractivity contribution in [1.29, 1.82) is 0 Å². The van der Waals surface area contributed by atoms with E-state index >= 15 is 0 Å². The van der Waals surface area contributed by atoms with Crippen LogP contribution in [0.3, 0.4) is 0 Å². The molecule has 2 N–H and O–H groups in total. The van der Waals surface area contributed by atoms with E-state index in [0.717, 1.165) is 22.3 Å². The summed E-state index contributed by atoms with van der Waals surface area (Å²) in [5.41, 5.74) is 4.44. The van der Waals surface area contributed by atoms with Crippen LogP contribution >= 0.6 is 0 Å². The number of carboxylic acid groups (broad SMARTS) is 1. The minimum atomic E-state index is -1.14. The molecule has 0 saturated carbocycles. The molecule has 1 atom stereocenters. The molecule has 0 aromatic heterocycles. The maximum Gasteiger partial charge on any atom is 0.339 e. The predicted octanol–water partition coefficient (Wildman–Crippen LogP) is 6.42. The molecule has 0 aliphatic carbocycles. The molecule has 0 amide bonds. The van der Waals surface area contributed by atoms with Gasteiger partial charge in [-0.25, -0.2) is 4.79 Å². The Morgan fingerprint density at radius 2 is 1.13 bits per heavy atom. The summed E-state index contributed by atoms with van der Waals surface area (Å²) in [5.74, 6) is -1.63. The molecule has 31 heavy (non-hydrogen) atoms. The average molecular weight is 408 g/mol. The van der Waals surface area contributed by atoms with Crippen LogP contribution in [-0.4, -0.2) is 16.2 Å². The van der Waals surface area contributed by atoms with Crippen LogP contribution in [-0.2, 0) is 0 Å². The lowest BCUT2D eigenvalue weighted by molar-refractivity contribution is 0.0693. The molecule has 0 radical (unpaired) electrons. The van der Waals surface area contributed by atoms with Crippen molar-refractivity contribution < 1.29 is 15.0 Å². The van der Waals surface area contributed by atoms with Crippen molar-refractivity contribution in [3.63, 3.8) is 0 Å². The smallest absolute Gasteiger partial charge is 0.339 e. The van der Waals surface area contributed by atoms with Gasteiger partial charge in [-0.3, -0.25) is 0 Å². The van der Waals surface area contributed by atoms with E-state index < -0.39 is 5.97 Å². The molecule has 0 bridgehead atoms. The van der Waals surface area contributed by atoms with Crippen molar-refractivity contribution >= 4 is 5.97 Å². The molecule has 0 fully saturated rings. The summed E-state index contributed by atoms with van der Waals surface area (Å²) in [6.07, 6.45) is 0. The molecular weight excluding hydrogens is 384 g/mol. The molecule has 3 nitrogen and oxygen atoms in total. The number of rotatable bonds is 6. The van der Waals surface area contributed by atoms with Crippen molar-refractivity contribution in [2.45, 2.75) is 18.8 Å². The highest BCUT2D eigenvalue weighted by Crippen LogP contribution is 2.41. The Labute approximate surface area is 182 Å². The second-order valence-electron chi connectivity index (χ2n) is 7.70. The average Bonchev–Trinajstić information content (AvgIpc) is 2.81. The normalized spacial score (nSPS) is 11.9. The van der Waals surface area contributed by atoms with Gasteiger partial charge >= 0.3 is 5.97 Å². The Bertz CT molecular complexity index is 1130. The van der Waals surface area contributed by atoms with Gasteiger partial charge in [0.25, 0.3) is 0 Å². The predicted molar refractivity (Wildman–Crippen MR) is 123 cm³/mol. The zero-order chi connectivity index (χ0) is 21.8. The number of carboxylic acids is 1. The Kier molecular flexibility index (Phi) is 5.85. The highest BCUT2D eigenvalue weighted by Gasteiger charge is 2.26. The van der Waals surface area contributed by atoms with E-state index in [4.69, 9.17) is 0 Å². The number of hydrogen-bond acceptors (Lipinski definition) is 2. The summed E-state index contributed by atoms with van der Waals surface area (Å²) in [4.78, 5) is 12.0.